The minimum Gasteiger partial charge on any atom is -0.493 e. The van der Waals surface area contributed by atoms with E-state index < -0.39 is 12.1 Å². The molecule has 5 aromatic rings. The van der Waals surface area contributed by atoms with E-state index in [1.165, 1.54) is 25.1 Å². The number of methoxy groups -OCH3 is 1. The number of carbonyl (C=O) groups is 2. The molecule has 232 valence electrons. The SMILES string of the molecule is CCOCCCC(=O)Oc1ccccc1N(C)C(=O)Oc1cc2c(=O)n(C)c3c4cc5c(cc4ccc3c2cc1OC)OCO5. The Morgan fingerprint density at radius 2 is 1.64 bits per heavy atom. The third-order valence-corrected chi connectivity index (χ3v) is 7.74. The first kappa shape index (κ1) is 29.8. The summed E-state index contributed by atoms with van der Waals surface area (Å²) in [5.41, 5.74) is 0.770. The topological polar surface area (TPSA) is 115 Å². The highest BCUT2D eigenvalue weighted by Gasteiger charge is 2.23. The number of aromatic nitrogens is 1. The van der Waals surface area contributed by atoms with E-state index in [0.29, 0.717) is 47.6 Å². The molecule has 0 fully saturated rings. The van der Waals surface area contributed by atoms with Gasteiger partial charge in [0.2, 0.25) is 6.79 Å². The molecule has 1 aromatic heterocycles. The quantitative estimate of drug-likeness (QED) is 0.0863. The first-order valence-electron chi connectivity index (χ1n) is 14.5. The maximum Gasteiger partial charge on any atom is 0.419 e. The molecule has 6 rings (SSSR count). The third kappa shape index (κ3) is 5.58. The lowest BCUT2D eigenvalue weighted by atomic mass is 10.00. The number of amides is 1. The summed E-state index contributed by atoms with van der Waals surface area (Å²) < 4.78 is 34.9. The zero-order chi connectivity index (χ0) is 31.7. The average Bonchev–Trinajstić information content (AvgIpc) is 3.51. The highest BCUT2D eigenvalue weighted by Crippen LogP contribution is 2.41. The van der Waals surface area contributed by atoms with Gasteiger partial charge in [0.15, 0.2) is 28.7 Å². The molecule has 1 aliphatic heterocycles. The number of aryl methyl sites for hydroxylation is 1. The number of benzene rings is 4. The summed E-state index contributed by atoms with van der Waals surface area (Å²) in [4.78, 5) is 40.8. The lowest BCUT2D eigenvalue weighted by molar-refractivity contribution is -0.134. The van der Waals surface area contributed by atoms with Gasteiger partial charge in [-0.1, -0.05) is 24.3 Å². The van der Waals surface area contributed by atoms with E-state index in [0.717, 1.165) is 21.7 Å². The molecule has 0 aliphatic carbocycles. The number of hydrogen-bond donors (Lipinski definition) is 0. The highest BCUT2D eigenvalue weighted by molar-refractivity contribution is 6.16. The maximum atomic E-state index is 13.7. The van der Waals surface area contributed by atoms with E-state index in [2.05, 4.69) is 0 Å². The normalized spacial score (nSPS) is 12.1. The number of nitrogens with zero attached hydrogens (tertiary/aromatic N) is 2. The smallest absolute Gasteiger partial charge is 0.419 e. The number of para-hydroxylation sites is 2. The molecule has 0 radical (unpaired) electrons. The Morgan fingerprint density at radius 1 is 0.889 bits per heavy atom. The summed E-state index contributed by atoms with van der Waals surface area (Å²) in [5.74, 6) is 1.36. The van der Waals surface area contributed by atoms with Crippen LogP contribution in [0.25, 0.3) is 32.4 Å². The molecule has 1 aliphatic rings. The molecular weight excluding hydrogens is 580 g/mol. The summed E-state index contributed by atoms with van der Waals surface area (Å²) in [5, 5.41) is 3.53. The van der Waals surface area contributed by atoms with Crippen LogP contribution in [0.4, 0.5) is 10.5 Å². The molecule has 45 heavy (non-hydrogen) atoms. The maximum absolute atomic E-state index is 13.7. The van der Waals surface area contributed by atoms with Crippen LogP contribution >= 0.6 is 0 Å². The van der Waals surface area contributed by atoms with Gasteiger partial charge in [0.1, 0.15) is 0 Å². The number of anilines is 1. The van der Waals surface area contributed by atoms with Crippen molar-refractivity contribution in [3.63, 3.8) is 0 Å². The minimum absolute atomic E-state index is 0.0628. The number of pyridine rings is 1. The minimum atomic E-state index is -0.771. The fraction of sp³-hybridized carbons (Fsp3) is 0.265. The van der Waals surface area contributed by atoms with Crippen LogP contribution in [-0.4, -0.2) is 50.8 Å². The van der Waals surface area contributed by atoms with Gasteiger partial charge < -0.3 is 33.0 Å². The molecule has 0 atom stereocenters. The van der Waals surface area contributed by atoms with Gasteiger partial charge in [0.25, 0.3) is 5.56 Å². The molecule has 0 spiro atoms. The molecule has 0 unspecified atom stereocenters. The number of fused-ring (bicyclic) bond motifs is 6. The van der Waals surface area contributed by atoms with Gasteiger partial charge in [-0.25, -0.2) is 4.79 Å². The van der Waals surface area contributed by atoms with Crippen LogP contribution in [0.2, 0.25) is 0 Å². The fourth-order valence-electron chi connectivity index (χ4n) is 5.48. The van der Waals surface area contributed by atoms with Gasteiger partial charge in [0.05, 0.1) is 23.7 Å². The van der Waals surface area contributed by atoms with Crippen molar-refractivity contribution >= 4 is 50.2 Å². The van der Waals surface area contributed by atoms with Crippen LogP contribution < -0.4 is 34.1 Å². The van der Waals surface area contributed by atoms with Crippen LogP contribution in [0.1, 0.15) is 19.8 Å². The summed E-state index contributed by atoms with van der Waals surface area (Å²) in [6.07, 6.45) is -0.0852. The van der Waals surface area contributed by atoms with Crippen molar-refractivity contribution in [2.24, 2.45) is 7.05 Å². The number of hydrogen-bond acceptors (Lipinski definition) is 9. The van der Waals surface area contributed by atoms with E-state index in [1.54, 1.807) is 41.9 Å². The standard InChI is InChI=1S/C34H32N2O9/c1-5-41-14-8-11-31(37)44-26-10-7-6-9-25(26)35(2)34(39)45-30-18-24-23(17-27(30)40-4)21-13-12-20-15-28-29(43-19-42-28)16-22(20)32(21)36(3)33(24)38/h6-7,9-10,12-13,15-18H,5,8,11,14,19H2,1-4H3. The summed E-state index contributed by atoms with van der Waals surface area (Å²) in [7, 11) is 4.66. The van der Waals surface area contributed by atoms with Crippen molar-refractivity contribution in [1.82, 2.24) is 4.57 Å². The molecule has 4 aromatic carbocycles. The van der Waals surface area contributed by atoms with E-state index in [9.17, 15) is 14.4 Å². The number of ether oxygens (including phenoxy) is 6. The Balaban J connectivity index is 1.33. The van der Waals surface area contributed by atoms with Gasteiger partial charge in [-0.05, 0) is 55.1 Å². The molecule has 11 heteroatoms. The number of carbonyl (C=O) groups excluding carboxylic acids is 2. The Hall–Kier alpha value is -5.29. The summed E-state index contributed by atoms with van der Waals surface area (Å²) >= 11 is 0. The van der Waals surface area contributed by atoms with Crippen molar-refractivity contribution in [2.75, 3.05) is 39.1 Å². The largest absolute Gasteiger partial charge is 0.493 e. The first-order chi connectivity index (χ1) is 21.8. The van der Waals surface area contributed by atoms with Crippen LogP contribution in [-0.2, 0) is 16.6 Å². The monoisotopic (exact) mass is 612 g/mol. The molecule has 2 heterocycles. The van der Waals surface area contributed by atoms with Gasteiger partial charge in [-0.3, -0.25) is 14.5 Å². The lowest BCUT2D eigenvalue weighted by Crippen LogP contribution is -2.30. The highest BCUT2D eigenvalue weighted by atomic mass is 16.7. The zero-order valence-electron chi connectivity index (χ0n) is 25.4. The Kier molecular flexibility index (Phi) is 8.18. The van der Waals surface area contributed by atoms with E-state index in [-0.39, 0.29) is 36.0 Å². The third-order valence-electron chi connectivity index (χ3n) is 7.74. The van der Waals surface area contributed by atoms with Gasteiger partial charge in [-0.15, -0.1) is 0 Å². The Bertz CT molecular complexity index is 2020. The van der Waals surface area contributed by atoms with E-state index >= 15 is 0 Å². The summed E-state index contributed by atoms with van der Waals surface area (Å²) in [6, 6.07) is 17.5. The van der Waals surface area contributed by atoms with Crippen molar-refractivity contribution in [3.05, 3.63) is 71.0 Å². The van der Waals surface area contributed by atoms with Crippen molar-refractivity contribution in [1.29, 1.82) is 0 Å². The second-order valence-electron chi connectivity index (χ2n) is 10.5. The predicted octanol–water partition coefficient (Wildman–Crippen LogP) is 5.94. The Labute approximate surface area is 258 Å². The Morgan fingerprint density at radius 3 is 2.42 bits per heavy atom. The molecule has 0 bridgehead atoms. The molecule has 11 nitrogen and oxygen atoms in total. The van der Waals surface area contributed by atoms with Crippen molar-refractivity contribution in [2.45, 2.75) is 19.8 Å². The van der Waals surface area contributed by atoms with Gasteiger partial charge >= 0.3 is 12.1 Å². The molecule has 0 saturated heterocycles. The van der Waals surface area contributed by atoms with Crippen molar-refractivity contribution < 1.29 is 38.0 Å². The molecular formula is C34H32N2O9. The molecule has 0 N–H and O–H groups in total. The van der Waals surface area contributed by atoms with E-state index in [1.807, 2.05) is 31.2 Å². The second-order valence-corrected chi connectivity index (χ2v) is 10.5. The fourth-order valence-corrected chi connectivity index (χ4v) is 5.48. The van der Waals surface area contributed by atoms with Gasteiger partial charge in [0, 0.05) is 49.9 Å². The van der Waals surface area contributed by atoms with E-state index in [4.69, 9.17) is 28.4 Å². The number of rotatable bonds is 9. The lowest BCUT2D eigenvalue weighted by Gasteiger charge is -2.21. The van der Waals surface area contributed by atoms with Crippen LogP contribution in [0.5, 0.6) is 28.7 Å². The van der Waals surface area contributed by atoms with Crippen LogP contribution in [0, 0.1) is 0 Å². The molecule has 1 amide bonds. The van der Waals surface area contributed by atoms with Crippen LogP contribution in [0.3, 0.4) is 0 Å². The second kappa shape index (κ2) is 12.4. The molecule has 0 saturated carbocycles. The predicted molar refractivity (Wildman–Crippen MR) is 169 cm³/mol. The first-order valence-corrected chi connectivity index (χ1v) is 14.5. The van der Waals surface area contributed by atoms with Crippen molar-refractivity contribution in [3.8, 4) is 28.7 Å². The summed E-state index contributed by atoms with van der Waals surface area (Å²) in [6.45, 7) is 3.05. The zero-order valence-corrected chi connectivity index (χ0v) is 25.4. The number of esters is 1. The van der Waals surface area contributed by atoms with Gasteiger partial charge in [-0.2, -0.15) is 0 Å². The average molecular weight is 613 g/mol. The van der Waals surface area contributed by atoms with Crippen LogP contribution in [0.15, 0.2) is 65.5 Å².